The molecule has 2 saturated heterocycles. The van der Waals surface area contributed by atoms with Crippen molar-refractivity contribution in [3.63, 3.8) is 0 Å². The number of nitrogens with zero attached hydrogens (tertiary/aromatic N) is 4. The zero-order chi connectivity index (χ0) is 17.1. The van der Waals surface area contributed by atoms with Gasteiger partial charge < -0.3 is 10.1 Å². The van der Waals surface area contributed by atoms with Crippen LogP contribution in [0.4, 0.5) is 5.82 Å². The van der Waals surface area contributed by atoms with E-state index in [1.165, 1.54) is 6.42 Å². The molecular weight excluding hydrogens is 314 g/mol. The van der Waals surface area contributed by atoms with Gasteiger partial charge in [-0.1, -0.05) is 6.07 Å². The lowest BCUT2D eigenvalue weighted by molar-refractivity contribution is -0.0535. The van der Waals surface area contributed by atoms with E-state index in [2.05, 4.69) is 37.5 Å². The molecule has 0 aromatic carbocycles. The standard InChI is InChI=1S/C19H25N5O/c1-15-6-7-18(23-22-15)21-17-11-19(25-13-17)8-4-10-24(14-19)12-16-5-2-3-9-20-16/h2-3,5-7,9,17H,4,8,10-14H2,1H3,(H,21,23)/t17-,19-/m0/s1. The number of piperidine rings is 1. The average molecular weight is 339 g/mol. The van der Waals surface area contributed by atoms with Crippen LogP contribution >= 0.6 is 0 Å². The molecular formula is C19H25N5O. The Morgan fingerprint density at radius 2 is 2.24 bits per heavy atom. The van der Waals surface area contributed by atoms with Crippen LogP contribution in [0.5, 0.6) is 0 Å². The van der Waals surface area contributed by atoms with Crippen LogP contribution in [0, 0.1) is 6.92 Å². The highest BCUT2D eigenvalue weighted by molar-refractivity contribution is 5.34. The summed E-state index contributed by atoms with van der Waals surface area (Å²) in [6, 6.07) is 10.4. The first-order valence-corrected chi connectivity index (χ1v) is 9.04. The molecule has 4 rings (SSSR count). The van der Waals surface area contributed by atoms with Crippen LogP contribution < -0.4 is 5.32 Å². The topological polar surface area (TPSA) is 63.2 Å². The zero-order valence-electron chi connectivity index (χ0n) is 14.7. The number of nitrogens with one attached hydrogen (secondary N) is 1. The van der Waals surface area contributed by atoms with E-state index in [-0.39, 0.29) is 5.60 Å². The first-order valence-electron chi connectivity index (χ1n) is 9.04. The number of ether oxygens (including phenoxy) is 1. The van der Waals surface area contributed by atoms with E-state index in [9.17, 15) is 0 Å². The number of aryl methyl sites for hydroxylation is 1. The maximum absolute atomic E-state index is 6.29. The molecule has 2 aromatic rings. The number of rotatable bonds is 4. The molecule has 132 valence electrons. The molecule has 1 N–H and O–H groups in total. The van der Waals surface area contributed by atoms with Crippen LogP contribution in [0.1, 0.15) is 30.7 Å². The van der Waals surface area contributed by atoms with E-state index >= 15 is 0 Å². The number of anilines is 1. The van der Waals surface area contributed by atoms with Gasteiger partial charge in [-0.2, -0.15) is 5.10 Å². The second-order valence-electron chi connectivity index (χ2n) is 7.23. The van der Waals surface area contributed by atoms with Gasteiger partial charge in [0.1, 0.15) is 5.82 Å². The van der Waals surface area contributed by atoms with Crippen LogP contribution in [-0.4, -0.2) is 51.4 Å². The predicted octanol–water partition coefficient (Wildman–Crippen LogP) is 2.42. The smallest absolute Gasteiger partial charge is 0.148 e. The van der Waals surface area contributed by atoms with E-state index in [1.807, 2.05) is 31.3 Å². The van der Waals surface area contributed by atoms with Gasteiger partial charge in [-0.3, -0.25) is 9.88 Å². The maximum atomic E-state index is 6.29. The minimum absolute atomic E-state index is 0.0389. The summed E-state index contributed by atoms with van der Waals surface area (Å²) in [5, 5.41) is 11.8. The summed E-state index contributed by atoms with van der Waals surface area (Å²) in [6.45, 7) is 5.66. The SMILES string of the molecule is Cc1ccc(N[C@@H]2CO[C@@]3(CCCN(Cc4ccccn4)C3)C2)nn1. The third kappa shape index (κ3) is 3.96. The van der Waals surface area contributed by atoms with Crippen molar-refractivity contribution in [1.82, 2.24) is 20.1 Å². The Morgan fingerprint density at radius 3 is 3.04 bits per heavy atom. The molecule has 4 heterocycles. The van der Waals surface area contributed by atoms with Gasteiger partial charge in [-0.25, -0.2) is 0 Å². The molecule has 1 spiro atoms. The van der Waals surface area contributed by atoms with Gasteiger partial charge in [0.2, 0.25) is 0 Å². The van der Waals surface area contributed by atoms with E-state index in [1.54, 1.807) is 0 Å². The predicted molar refractivity (Wildman–Crippen MR) is 96.2 cm³/mol. The molecule has 6 heteroatoms. The fourth-order valence-electron chi connectivity index (χ4n) is 3.95. The van der Waals surface area contributed by atoms with Crippen molar-refractivity contribution in [2.24, 2.45) is 0 Å². The Kier molecular flexibility index (Phi) is 4.63. The van der Waals surface area contributed by atoms with Crippen molar-refractivity contribution >= 4 is 5.82 Å². The molecule has 2 fully saturated rings. The van der Waals surface area contributed by atoms with Crippen molar-refractivity contribution in [1.29, 1.82) is 0 Å². The Balaban J connectivity index is 1.36. The van der Waals surface area contributed by atoms with Gasteiger partial charge >= 0.3 is 0 Å². The summed E-state index contributed by atoms with van der Waals surface area (Å²) in [5.41, 5.74) is 2.02. The number of aromatic nitrogens is 3. The lowest BCUT2D eigenvalue weighted by Crippen LogP contribution is -2.47. The molecule has 0 aliphatic carbocycles. The van der Waals surface area contributed by atoms with E-state index < -0.39 is 0 Å². The van der Waals surface area contributed by atoms with E-state index in [0.717, 1.165) is 56.3 Å². The zero-order valence-corrected chi connectivity index (χ0v) is 14.7. The maximum Gasteiger partial charge on any atom is 0.148 e. The Morgan fingerprint density at radius 1 is 1.28 bits per heavy atom. The highest BCUT2D eigenvalue weighted by atomic mass is 16.5. The van der Waals surface area contributed by atoms with Crippen LogP contribution in [0.3, 0.4) is 0 Å². The fourth-order valence-corrected chi connectivity index (χ4v) is 3.95. The molecule has 2 aromatic heterocycles. The average Bonchev–Trinajstić information content (AvgIpc) is 3.00. The Labute approximate surface area is 148 Å². The molecule has 6 nitrogen and oxygen atoms in total. The molecule has 0 unspecified atom stereocenters. The first-order chi connectivity index (χ1) is 12.2. The minimum atomic E-state index is -0.0389. The van der Waals surface area contributed by atoms with Crippen molar-refractivity contribution < 1.29 is 4.74 Å². The van der Waals surface area contributed by atoms with Gasteiger partial charge in [0.25, 0.3) is 0 Å². The minimum Gasteiger partial charge on any atom is -0.371 e. The monoisotopic (exact) mass is 339 g/mol. The second-order valence-corrected chi connectivity index (χ2v) is 7.23. The summed E-state index contributed by atoms with van der Waals surface area (Å²) in [6.07, 6.45) is 5.18. The summed E-state index contributed by atoms with van der Waals surface area (Å²) >= 11 is 0. The van der Waals surface area contributed by atoms with Crippen LogP contribution in [0.25, 0.3) is 0 Å². The molecule has 25 heavy (non-hydrogen) atoms. The summed E-state index contributed by atoms with van der Waals surface area (Å²) in [4.78, 5) is 6.93. The lowest BCUT2D eigenvalue weighted by Gasteiger charge is -2.39. The van der Waals surface area contributed by atoms with Gasteiger partial charge in [-0.05, 0) is 50.6 Å². The summed E-state index contributed by atoms with van der Waals surface area (Å²) < 4.78 is 6.29. The molecule has 0 radical (unpaired) electrons. The molecule has 0 bridgehead atoms. The van der Waals surface area contributed by atoms with Gasteiger partial charge in [0, 0.05) is 25.7 Å². The second kappa shape index (κ2) is 7.06. The summed E-state index contributed by atoms with van der Waals surface area (Å²) in [7, 11) is 0. The van der Waals surface area contributed by atoms with Crippen LogP contribution in [0.2, 0.25) is 0 Å². The number of likely N-dealkylation sites (tertiary alicyclic amines) is 1. The first kappa shape index (κ1) is 16.4. The Hall–Kier alpha value is -2.05. The highest BCUT2D eigenvalue weighted by Gasteiger charge is 2.43. The number of hydrogen-bond donors (Lipinski definition) is 1. The van der Waals surface area contributed by atoms with E-state index in [0.29, 0.717) is 6.04 Å². The van der Waals surface area contributed by atoms with Gasteiger partial charge in [0.15, 0.2) is 0 Å². The highest BCUT2D eigenvalue weighted by Crippen LogP contribution is 2.36. The van der Waals surface area contributed by atoms with Crippen molar-refractivity contribution in [3.8, 4) is 0 Å². The summed E-state index contributed by atoms with van der Waals surface area (Å²) in [5.74, 6) is 0.831. The quantitative estimate of drug-likeness (QED) is 0.923. The molecule has 0 saturated carbocycles. The third-order valence-electron chi connectivity index (χ3n) is 5.09. The van der Waals surface area contributed by atoms with Crippen LogP contribution in [-0.2, 0) is 11.3 Å². The van der Waals surface area contributed by atoms with Gasteiger partial charge in [-0.15, -0.1) is 5.10 Å². The van der Waals surface area contributed by atoms with E-state index in [4.69, 9.17) is 4.74 Å². The fraction of sp³-hybridized carbons (Fsp3) is 0.526. The third-order valence-corrected chi connectivity index (χ3v) is 5.09. The largest absolute Gasteiger partial charge is 0.371 e. The lowest BCUT2D eigenvalue weighted by atomic mass is 9.88. The number of hydrogen-bond acceptors (Lipinski definition) is 6. The van der Waals surface area contributed by atoms with Crippen molar-refractivity contribution in [3.05, 3.63) is 47.9 Å². The van der Waals surface area contributed by atoms with Crippen molar-refractivity contribution in [2.75, 3.05) is 25.0 Å². The normalized spacial score (nSPS) is 26.8. The Bertz CT molecular complexity index is 693. The van der Waals surface area contributed by atoms with Crippen LogP contribution in [0.15, 0.2) is 36.5 Å². The number of pyridine rings is 1. The molecule has 2 aliphatic heterocycles. The van der Waals surface area contributed by atoms with Crippen molar-refractivity contribution in [2.45, 2.75) is 44.4 Å². The molecule has 2 atom stereocenters. The molecule has 0 amide bonds. The van der Waals surface area contributed by atoms with Gasteiger partial charge in [0.05, 0.1) is 29.6 Å². The molecule has 2 aliphatic rings.